The van der Waals surface area contributed by atoms with Crippen LogP contribution in [0.25, 0.3) is 0 Å². The van der Waals surface area contributed by atoms with E-state index in [1.165, 1.54) is 0 Å². The average molecular weight is 221 g/mol. The largest absolute Gasteiger partial charge is 0.447 e. The molecule has 3 rings (SSSR count). The maximum Gasteiger partial charge on any atom is 0.368 e. The second-order valence-corrected chi connectivity index (χ2v) is 4.11. The molecule has 1 spiro atoms. The molecule has 3 aliphatic heterocycles. The normalized spacial score (nSPS) is 31.8. The van der Waals surface area contributed by atoms with Crippen LogP contribution in [0.4, 0.5) is 0 Å². The molecule has 1 fully saturated rings. The summed E-state index contributed by atoms with van der Waals surface area (Å²) in [5.41, 5.74) is 0.716. The maximum absolute atomic E-state index is 12.2. The molecule has 1 amide bonds. The molecule has 0 aromatic heterocycles. The summed E-state index contributed by atoms with van der Waals surface area (Å²) in [5.74, 6) is 0.743. The van der Waals surface area contributed by atoms with Gasteiger partial charge in [-0.25, -0.2) is 4.79 Å². The van der Waals surface area contributed by atoms with Gasteiger partial charge in [-0.15, -0.1) is 4.65 Å². The van der Waals surface area contributed by atoms with Crippen molar-refractivity contribution in [2.24, 2.45) is 0 Å². The molecular formula is C11H15N3O2. The van der Waals surface area contributed by atoms with Crippen LogP contribution >= 0.6 is 0 Å². The van der Waals surface area contributed by atoms with E-state index in [0.717, 1.165) is 19.4 Å². The summed E-state index contributed by atoms with van der Waals surface area (Å²) in [7, 11) is 0. The monoisotopic (exact) mass is 221 g/mol. The molecule has 3 aliphatic rings. The molecule has 1 atom stereocenters. The van der Waals surface area contributed by atoms with Crippen molar-refractivity contribution in [3.8, 4) is 0 Å². The number of quaternary nitrogens is 1. The van der Waals surface area contributed by atoms with Gasteiger partial charge in [0.05, 0.1) is 0 Å². The van der Waals surface area contributed by atoms with Crippen LogP contribution in [0.2, 0.25) is 0 Å². The van der Waals surface area contributed by atoms with Gasteiger partial charge in [-0.3, -0.25) is 0 Å². The molecule has 0 aliphatic carbocycles. The van der Waals surface area contributed by atoms with Crippen LogP contribution in [-0.4, -0.2) is 33.4 Å². The number of nitrogens with zero attached hydrogens (tertiary/aromatic N) is 3. The molecule has 5 heteroatoms. The minimum atomic E-state index is -0.0944. The van der Waals surface area contributed by atoms with Gasteiger partial charge < -0.3 is 14.6 Å². The lowest BCUT2D eigenvalue weighted by Gasteiger charge is -2.43. The van der Waals surface area contributed by atoms with Crippen LogP contribution in [0.3, 0.4) is 0 Å². The second-order valence-electron chi connectivity index (χ2n) is 4.11. The van der Waals surface area contributed by atoms with E-state index >= 15 is 0 Å². The van der Waals surface area contributed by atoms with Crippen molar-refractivity contribution >= 4 is 5.91 Å². The molecule has 5 nitrogen and oxygen atoms in total. The molecule has 0 saturated carbocycles. The lowest BCUT2D eigenvalue weighted by atomic mass is 10.2. The first-order valence-electron chi connectivity index (χ1n) is 5.61. The third kappa shape index (κ3) is 0.800. The zero-order chi connectivity index (χ0) is 11.5. The van der Waals surface area contributed by atoms with Gasteiger partial charge in [0.15, 0.2) is 0 Å². The number of carbonyl (C=O) groups excluding carboxylic acids is 1. The van der Waals surface area contributed by atoms with Gasteiger partial charge >= 0.3 is 5.91 Å². The van der Waals surface area contributed by atoms with Crippen LogP contribution in [-0.2, 0) is 9.63 Å². The Hall–Kier alpha value is -1.49. The highest BCUT2D eigenvalue weighted by molar-refractivity contribution is 5.90. The molecule has 0 radical (unpaired) electrons. The van der Waals surface area contributed by atoms with Crippen molar-refractivity contribution < 1.29 is 14.3 Å². The van der Waals surface area contributed by atoms with Crippen molar-refractivity contribution in [3.05, 3.63) is 30.1 Å². The van der Waals surface area contributed by atoms with Gasteiger partial charge in [-0.05, 0) is 33.9 Å². The Balaban J connectivity index is 2.12. The third-order valence-electron chi connectivity index (χ3n) is 3.33. The fourth-order valence-corrected chi connectivity index (χ4v) is 2.52. The van der Waals surface area contributed by atoms with Gasteiger partial charge in [-0.2, -0.15) is 0 Å². The first-order chi connectivity index (χ1) is 7.65. The highest BCUT2D eigenvalue weighted by atomic mass is 16.8. The maximum atomic E-state index is 12.2. The third-order valence-corrected chi connectivity index (χ3v) is 3.33. The number of carbonyl (C=O) groups is 1. The van der Waals surface area contributed by atoms with Gasteiger partial charge in [0.2, 0.25) is 5.88 Å². The summed E-state index contributed by atoms with van der Waals surface area (Å²) in [6.07, 6.45) is 4.65. The summed E-state index contributed by atoms with van der Waals surface area (Å²) in [4.78, 5) is 22.1. The first kappa shape index (κ1) is 9.72. The number of hydrogen-bond donors (Lipinski definition) is 0. The number of amides is 1. The number of hydrogen-bond acceptors (Lipinski definition) is 4. The molecule has 3 heterocycles. The molecule has 0 aromatic carbocycles. The standard InChI is InChI=1S/C11H15N3O2/c1-4-12-6-7-14-10(15)8(3)9(16-14)13(5-2)11(12)14/h6-7H,4-5H2,1-3H3. The van der Waals surface area contributed by atoms with E-state index in [2.05, 4.69) is 23.6 Å². The smallest absolute Gasteiger partial charge is 0.368 e. The lowest BCUT2D eigenvalue weighted by Crippen LogP contribution is -2.52. The molecule has 1 unspecified atom stereocenters. The van der Waals surface area contributed by atoms with E-state index in [4.69, 9.17) is 4.84 Å². The molecule has 2 bridgehead atoms. The average Bonchev–Trinajstić information content (AvgIpc) is 2.87. The minimum Gasteiger partial charge on any atom is -0.447 e. The SMILES string of the molecule is CCN1C=C[N+]23OC(=C(C)C2=O)N(CC)[C-]13. The minimum absolute atomic E-state index is 0.0295. The molecular weight excluding hydrogens is 206 g/mol. The van der Waals surface area contributed by atoms with E-state index in [0.29, 0.717) is 11.5 Å². The number of hydroxylamine groups is 3. The predicted octanol–water partition coefficient (Wildman–Crippen LogP) is 1.10. The van der Waals surface area contributed by atoms with Gasteiger partial charge in [0.25, 0.3) is 0 Å². The van der Waals surface area contributed by atoms with Crippen molar-refractivity contribution in [2.75, 3.05) is 13.1 Å². The predicted molar refractivity (Wildman–Crippen MR) is 56.2 cm³/mol. The second kappa shape index (κ2) is 2.79. The van der Waals surface area contributed by atoms with Crippen molar-refractivity contribution in [1.82, 2.24) is 9.80 Å². The van der Waals surface area contributed by atoms with Gasteiger partial charge in [0.1, 0.15) is 18.1 Å². The van der Waals surface area contributed by atoms with Crippen LogP contribution in [0.1, 0.15) is 20.8 Å². The number of rotatable bonds is 2. The summed E-state index contributed by atoms with van der Waals surface area (Å²) >= 11 is 0. The molecule has 1 saturated heterocycles. The topological polar surface area (TPSA) is 32.8 Å². The Morgan fingerprint density at radius 1 is 1.44 bits per heavy atom. The summed E-state index contributed by atoms with van der Waals surface area (Å²) in [6.45, 7) is 7.60. The first-order valence-corrected chi connectivity index (χ1v) is 5.61. The van der Waals surface area contributed by atoms with Gasteiger partial charge in [-0.1, -0.05) is 0 Å². The Morgan fingerprint density at radius 3 is 2.81 bits per heavy atom. The lowest BCUT2D eigenvalue weighted by molar-refractivity contribution is -0.967. The highest BCUT2D eigenvalue weighted by Gasteiger charge is 2.59. The van der Waals surface area contributed by atoms with Crippen LogP contribution in [0.15, 0.2) is 23.9 Å². The van der Waals surface area contributed by atoms with E-state index < -0.39 is 0 Å². The highest BCUT2D eigenvalue weighted by Crippen LogP contribution is 2.51. The fraction of sp³-hybridized carbons (Fsp3) is 0.455. The Labute approximate surface area is 94.7 Å². The Kier molecular flexibility index (Phi) is 1.70. The van der Waals surface area contributed by atoms with Gasteiger partial charge in [0, 0.05) is 6.20 Å². The van der Waals surface area contributed by atoms with Crippen molar-refractivity contribution in [3.63, 3.8) is 0 Å². The Bertz CT molecular complexity index is 429. The number of fused-ring (bicyclic) bond motifs is 1. The van der Waals surface area contributed by atoms with E-state index in [1.807, 2.05) is 19.3 Å². The summed E-state index contributed by atoms with van der Waals surface area (Å²) in [5, 5.41) is 0. The van der Waals surface area contributed by atoms with Crippen molar-refractivity contribution in [2.45, 2.75) is 20.8 Å². The summed E-state index contributed by atoms with van der Waals surface area (Å²) in [6, 6.07) is 0. The van der Waals surface area contributed by atoms with Crippen LogP contribution in [0.5, 0.6) is 0 Å². The zero-order valence-electron chi connectivity index (χ0n) is 9.73. The quantitative estimate of drug-likeness (QED) is 0.516. The van der Waals surface area contributed by atoms with Crippen molar-refractivity contribution in [1.29, 1.82) is 0 Å². The molecule has 0 N–H and O–H groups in total. The van der Waals surface area contributed by atoms with Crippen LogP contribution < -0.4 is 0 Å². The van der Waals surface area contributed by atoms with Crippen LogP contribution in [0, 0.1) is 6.29 Å². The molecule has 0 aromatic rings. The molecule has 86 valence electrons. The Morgan fingerprint density at radius 2 is 2.19 bits per heavy atom. The fourth-order valence-electron chi connectivity index (χ4n) is 2.52. The van der Waals surface area contributed by atoms with E-state index in [-0.39, 0.29) is 10.6 Å². The zero-order valence-corrected chi connectivity index (χ0v) is 9.73. The van der Waals surface area contributed by atoms with E-state index in [9.17, 15) is 4.79 Å². The molecule has 16 heavy (non-hydrogen) atoms. The van der Waals surface area contributed by atoms with E-state index in [1.54, 1.807) is 0 Å². The summed E-state index contributed by atoms with van der Waals surface area (Å²) < 4.78 is -0.0944.